The molecule has 1 aliphatic carbocycles. The molecule has 1 aliphatic heterocycles. The quantitative estimate of drug-likeness (QED) is 0.434. The number of hydrogen-bond donors (Lipinski definition) is 0. The van der Waals surface area contributed by atoms with Gasteiger partial charge in [0.15, 0.2) is 0 Å². The van der Waals surface area contributed by atoms with E-state index in [0.29, 0.717) is 12.8 Å². The topological polar surface area (TPSA) is 78.9 Å². The molecule has 1 atom stereocenters. The van der Waals surface area contributed by atoms with Gasteiger partial charge in [-0.15, -0.1) is 0 Å². The highest BCUT2D eigenvalue weighted by atomic mass is 16.6. The highest BCUT2D eigenvalue weighted by molar-refractivity contribution is 5.83. The lowest BCUT2D eigenvalue weighted by Crippen LogP contribution is -2.42. The van der Waals surface area contributed by atoms with Gasteiger partial charge in [0, 0.05) is 11.5 Å². The lowest BCUT2D eigenvalue weighted by Gasteiger charge is -2.33. The van der Waals surface area contributed by atoms with Crippen molar-refractivity contribution in [3.8, 4) is 0 Å². The molecule has 20 heavy (non-hydrogen) atoms. The molecule has 0 amide bonds. The summed E-state index contributed by atoms with van der Waals surface area (Å²) in [6.07, 6.45) is 0.788. The van der Waals surface area contributed by atoms with E-state index in [9.17, 15) is 14.4 Å². The number of cyclic esters (lactones) is 1. The van der Waals surface area contributed by atoms with Gasteiger partial charge in [-0.05, 0) is 12.8 Å². The van der Waals surface area contributed by atoms with Gasteiger partial charge in [-0.2, -0.15) is 0 Å². The van der Waals surface area contributed by atoms with Crippen molar-refractivity contribution in [3.05, 3.63) is 12.7 Å². The standard InChI is InChI=1S/C14H18O6/c1-4-10(15)19-9-5-8(6-9)12(16)20-11-13(17)18-7-14(11,2)3/h4,8-9,11H,1,5-7H2,2-3H3. The summed E-state index contributed by atoms with van der Waals surface area (Å²) in [5.41, 5.74) is -0.509. The van der Waals surface area contributed by atoms with Crippen LogP contribution in [0.15, 0.2) is 12.7 Å². The van der Waals surface area contributed by atoms with Gasteiger partial charge < -0.3 is 14.2 Å². The smallest absolute Gasteiger partial charge is 0.348 e. The summed E-state index contributed by atoms with van der Waals surface area (Å²) in [5, 5.41) is 0. The molecule has 0 aromatic rings. The fourth-order valence-electron chi connectivity index (χ4n) is 2.21. The van der Waals surface area contributed by atoms with E-state index < -0.39 is 29.4 Å². The van der Waals surface area contributed by atoms with Crippen LogP contribution in [0.4, 0.5) is 0 Å². The van der Waals surface area contributed by atoms with E-state index in [-0.39, 0.29) is 18.6 Å². The fraction of sp³-hybridized carbons (Fsp3) is 0.643. The maximum absolute atomic E-state index is 11.9. The minimum atomic E-state index is -0.857. The van der Waals surface area contributed by atoms with Crippen molar-refractivity contribution in [2.75, 3.05) is 6.61 Å². The van der Waals surface area contributed by atoms with Crippen molar-refractivity contribution in [2.45, 2.75) is 38.9 Å². The van der Waals surface area contributed by atoms with Gasteiger partial charge in [-0.1, -0.05) is 20.4 Å². The number of carbonyl (C=O) groups excluding carboxylic acids is 3. The van der Waals surface area contributed by atoms with E-state index in [1.807, 2.05) is 13.8 Å². The second-order valence-corrected chi connectivity index (χ2v) is 5.84. The number of esters is 3. The number of hydrogen-bond acceptors (Lipinski definition) is 6. The predicted molar refractivity (Wildman–Crippen MR) is 67.4 cm³/mol. The van der Waals surface area contributed by atoms with Gasteiger partial charge in [0.05, 0.1) is 5.92 Å². The van der Waals surface area contributed by atoms with E-state index in [1.165, 1.54) is 0 Å². The molecule has 0 aromatic carbocycles. The van der Waals surface area contributed by atoms with Crippen LogP contribution >= 0.6 is 0 Å². The Morgan fingerprint density at radius 2 is 2.00 bits per heavy atom. The third kappa shape index (κ3) is 2.84. The second kappa shape index (κ2) is 5.26. The maximum Gasteiger partial charge on any atom is 0.348 e. The lowest BCUT2D eigenvalue weighted by molar-refractivity contribution is -0.174. The van der Waals surface area contributed by atoms with Crippen molar-refractivity contribution in [3.63, 3.8) is 0 Å². The average Bonchev–Trinajstić information content (AvgIpc) is 2.59. The fourth-order valence-corrected chi connectivity index (χ4v) is 2.21. The van der Waals surface area contributed by atoms with E-state index >= 15 is 0 Å². The molecule has 0 aromatic heterocycles. The summed E-state index contributed by atoms with van der Waals surface area (Å²) in [6.45, 7) is 7.17. The van der Waals surface area contributed by atoms with Gasteiger partial charge in [-0.3, -0.25) is 4.79 Å². The Bertz CT molecular complexity index is 447. The Morgan fingerprint density at radius 3 is 2.50 bits per heavy atom. The predicted octanol–water partition coefficient (Wildman–Crippen LogP) is 0.989. The molecular formula is C14H18O6. The van der Waals surface area contributed by atoms with Crippen LogP contribution < -0.4 is 0 Å². The molecule has 6 heteroatoms. The van der Waals surface area contributed by atoms with E-state index in [1.54, 1.807) is 0 Å². The van der Waals surface area contributed by atoms with Crippen LogP contribution in [0.5, 0.6) is 0 Å². The maximum atomic E-state index is 11.9. The molecular weight excluding hydrogens is 264 g/mol. The molecule has 1 saturated carbocycles. The number of carbonyl (C=O) groups is 3. The summed E-state index contributed by atoms with van der Waals surface area (Å²) in [7, 11) is 0. The van der Waals surface area contributed by atoms with Crippen molar-refractivity contribution in [1.29, 1.82) is 0 Å². The Morgan fingerprint density at radius 1 is 1.35 bits per heavy atom. The highest BCUT2D eigenvalue weighted by Crippen LogP contribution is 2.35. The highest BCUT2D eigenvalue weighted by Gasteiger charge is 2.48. The van der Waals surface area contributed by atoms with Crippen LogP contribution in [-0.4, -0.2) is 36.7 Å². The monoisotopic (exact) mass is 282 g/mol. The number of rotatable bonds is 4. The molecule has 0 radical (unpaired) electrons. The van der Waals surface area contributed by atoms with E-state index in [2.05, 4.69) is 6.58 Å². The second-order valence-electron chi connectivity index (χ2n) is 5.84. The molecule has 0 spiro atoms. The zero-order valence-electron chi connectivity index (χ0n) is 11.6. The largest absolute Gasteiger partial charge is 0.462 e. The first-order valence-corrected chi connectivity index (χ1v) is 6.53. The van der Waals surface area contributed by atoms with Gasteiger partial charge in [0.1, 0.15) is 12.7 Å². The molecule has 6 nitrogen and oxygen atoms in total. The van der Waals surface area contributed by atoms with Gasteiger partial charge in [0.25, 0.3) is 0 Å². The van der Waals surface area contributed by atoms with Gasteiger partial charge in [-0.25, -0.2) is 9.59 Å². The summed E-state index contributed by atoms with van der Waals surface area (Å²) in [4.78, 5) is 34.4. The van der Waals surface area contributed by atoms with E-state index in [0.717, 1.165) is 6.08 Å². The minimum Gasteiger partial charge on any atom is -0.462 e. The van der Waals surface area contributed by atoms with Crippen LogP contribution in [0.25, 0.3) is 0 Å². The Hall–Kier alpha value is -1.85. The molecule has 1 unspecified atom stereocenters. The Balaban J connectivity index is 1.81. The molecule has 0 bridgehead atoms. The average molecular weight is 282 g/mol. The molecule has 2 fully saturated rings. The molecule has 2 rings (SSSR count). The Kier molecular flexibility index (Phi) is 3.83. The van der Waals surface area contributed by atoms with Crippen molar-refractivity contribution in [2.24, 2.45) is 11.3 Å². The first kappa shape index (κ1) is 14.6. The van der Waals surface area contributed by atoms with Crippen LogP contribution in [0, 0.1) is 11.3 Å². The van der Waals surface area contributed by atoms with Crippen LogP contribution in [0.1, 0.15) is 26.7 Å². The van der Waals surface area contributed by atoms with Gasteiger partial charge >= 0.3 is 17.9 Å². The zero-order chi connectivity index (χ0) is 14.9. The first-order valence-electron chi connectivity index (χ1n) is 6.53. The third-order valence-corrected chi connectivity index (χ3v) is 3.62. The summed E-state index contributed by atoms with van der Waals surface area (Å²) >= 11 is 0. The molecule has 1 heterocycles. The van der Waals surface area contributed by atoms with E-state index in [4.69, 9.17) is 14.2 Å². The van der Waals surface area contributed by atoms with Crippen LogP contribution in [-0.2, 0) is 28.6 Å². The molecule has 1 saturated heterocycles. The first-order chi connectivity index (χ1) is 9.33. The van der Waals surface area contributed by atoms with Crippen molar-refractivity contribution < 1.29 is 28.6 Å². The van der Waals surface area contributed by atoms with Crippen LogP contribution in [0.3, 0.4) is 0 Å². The summed E-state index contributed by atoms with van der Waals surface area (Å²) in [5.74, 6) is -1.77. The summed E-state index contributed by atoms with van der Waals surface area (Å²) in [6, 6.07) is 0. The Labute approximate surface area is 117 Å². The molecule has 2 aliphatic rings. The van der Waals surface area contributed by atoms with Gasteiger partial charge in [0.2, 0.25) is 6.10 Å². The SMILES string of the molecule is C=CC(=O)OC1CC(C(=O)OC2C(=O)OCC2(C)C)C1. The zero-order valence-corrected chi connectivity index (χ0v) is 11.6. The number of ether oxygens (including phenoxy) is 3. The van der Waals surface area contributed by atoms with Crippen molar-refractivity contribution in [1.82, 2.24) is 0 Å². The van der Waals surface area contributed by atoms with Crippen molar-refractivity contribution >= 4 is 17.9 Å². The van der Waals surface area contributed by atoms with Crippen LogP contribution in [0.2, 0.25) is 0 Å². The normalized spacial score (nSPS) is 30.9. The summed E-state index contributed by atoms with van der Waals surface area (Å²) < 4.78 is 15.1. The third-order valence-electron chi connectivity index (χ3n) is 3.62. The minimum absolute atomic E-state index is 0.244. The molecule has 0 N–H and O–H groups in total. The molecule has 110 valence electrons. The lowest BCUT2D eigenvalue weighted by atomic mass is 9.82.